The minimum Gasteiger partial charge on any atom is -0.448 e. The number of carbonyl (C=O) groups is 2. The highest BCUT2D eigenvalue weighted by Gasteiger charge is 2.21. The molecule has 30 heavy (non-hydrogen) atoms. The van der Waals surface area contributed by atoms with Gasteiger partial charge in [0, 0.05) is 17.6 Å². The molecule has 1 aromatic heterocycles. The fraction of sp³-hybridized carbons (Fsp3) is 0.261. The summed E-state index contributed by atoms with van der Waals surface area (Å²) in [5, 5.41) is 8.26. The van der Waals surface area contributed by atoms with Crippen LogP contribution < -0.4 is 10.6 Å². The predicted octanol–water partition coefficient (Wildman–Crippen LogP) is 4.43. The van der Waals surface area contributed by atoms with Crippen molar-refractivity contribution < 1.29 is 14.3 Å². The van der Waals surface area contributed by atoms with E-state index in [9.17, 15) is 9.59 Å². The fourth-order valence-corrected chi connectivity index (χ4v) is 4.07. The van der Waals surface area contributed by atoms with Crippen LogP contribution in [0, 0.1) is 0 Å². The number of aromatic nitrogens is 1. The first-order valence-corrected chi connectivity index (χ1v) is 10.8. The normalized spacial score (nSPS) is 13.4. The Morgan fingerprint density at radius 2 is 1.93 bits per heavy atom. The van der Waals surface area contributed by atoms with Gasteiger partial charge in [-0.1, -0.05) is 36.4 Å². The largest absolute Gasteiger partial charge is 0.448 e. The minimum atomic E-state index is -0.923. The molecule has 0 bridgehead atoms. The number of fused-ring (bicyclic) bond motifs is 1. The molecule has 1 aliphatic rings. The quantitative estimate of drug-likeness (QED) is 0.552. The molecule has 3 aromatic rings. The van der Waals surface area contributed by atoms with Crippen LogP contribution in [-0.2, 0) is 28.9 Å². The van der Waals surface area contributed by atoms with E-state index in [1.54, 1.807) is 12.3 Å². The molecule has 0 unspecified atom stereocenters. The number of nitrogens with zero attached hydrogens (tertiary/aromatic N) is 1. The Balaban J connectivity index is 1.29. The average Bonchev–Trinajstić information content (AvgIpc) is 3.42. The van der Waals surface area contributed by atoms with Gasteiger partial charge in [0.25, 0.3) is 5.91 Å². The molecule has 1 heterocycles. The van der Waals surface area contributed by atoms with Crippen LogP contribution in [0.5, 0.6) is 0 Å². The highest BCUT2D eigenvalue weighted by Crippen LogP contribution is 2.25. The molecule has 2 N–H and O–H groups in total. The summed E-state index contributed by atoms with van der Waals surface area (Å²) in [5.41, 5.74) is 4.65. The van der Waals surface area contributed by atoms with Gasteiger partial charge in [-0.15, -0.1) is 11.3 Å². The van der Waals surface area contributed by atoms with E-state index in [4.69, 9.17) is 4.74 Å². The van der Waals surface area contributed by atoms with Crippen molar-refractivity contribution in [1.82, 2.24) is 4.98 Å². The van der Waals surface area contributed by atoms with Gasteiger partial charge >= 0.3 is 5.97 Å². The van der Waals surface area contributed by atoms with Crippen molar-refractivity contribution in [1.29, 1.82) is 0 Å². The Morgan fingerprint density at radius 1 is 1.13 bits per heavy atom. The Kier molecular flexibility index (Phi) is 6.09. The highest BCUT2D eigenvalue weighted by atomic mass is 32.1. The number of amides is 1. The van der Waals surface area contributed by atoms with Crippen molar-refractivity contribution in [2.24, 2.45) is 0 Å². The Hall–Kier alpha value is -3.19. The van der Waals surface area contributed by atoms with E-state index in [1.165, 1.54) is 22.5 Å². The Bertz CT molecular complexity index is 1050. The van der Waals surface area contributed by atoms with Crippen LogP contribution in [0.25, 0.3) is 0 Å². The lowest BCUT2D eigenvalue weighted by Crippen LogP contribution is -2.30. The van der Waals surface area contributed by atoms with Gasteiger partial charge in [-0.25, -0.2) is 9.78 Å². The van der Waals surface area contributed by atoms with Gasteiger partial charge in [0.05, 0.1) is 0 Å². The minimum absolute atomic E-state index is 0.188. The smallest absolute Gasteiger partial charge is 0.358 e. The Morgan fingerprint density at radius 3 is 2.77 bits per heavy atom. The van der Waals surface area contributed by atoms with Gasteiger partial charge < -0.3 is 15.4 Å². The number of rotatable bonds is 7. The van der Waals surface area contributed by atoms with Crippen molar-refractivity contribution in [3.8, 4) is 0 Å². The highest BCUT2D eigenvalue weighted by molar-refractivity contribution is 7.13. The number of ether oxygens (including phenoxy) is 1. The summed E-state index contributed by atoms with van der Waals surface area (Å²) in [5.74, 6) is -0.977. The van der Waals surface area contributed by atoms with E-state index in [1.807, 2.05) is 48.5 Å². The molecule has 0 fully saturated rings. The van der Waals surface area contributed by atoms with Crippen molar-refractivity contribution in [2.75, 3.05) is 10.6 Å². The van der Waals surface area contributed by atoms with Crippen LogP contribution in [-0.4, -0.2) is 23.0 Å². The third kappa shape index (κ3) is 4.86. The number of anilines is 2. The molecule has 6 nitrogen and oxygen atoms in total. The molecule has 1 atom stereocenters. The van der Waals surface area contributed by atoms with Gasteiger partial charge in [-0.3, -0.25) is 4.79 Å². The molecular formula is C23H23N3O3S. The van der Waals surface area contributed by atoms with E-state index < -0.39 is 12.1 Å². The second kappa shape index (κ2) is 9.09. The van der Waals surface area contributed by atoms with Gasteiger partial charge in [0.1, 0.15) is 0 Å². The maximum Gasteiger partial charge on any atom is 0.358 e. The zero-order chi connectivity index (χ0) is 20.9. The lowest BCUT2D eigenvalue weighted by atomic mass is 10.1. The maximum absolute atomic E-state index is 12.4. The summed E-state index contributed by atoms with van der Waals surface area (Å²) in [4.78, 5) is 29.1. The average molecular weight is 422 g/mol. The topological polar surface area (TPSA) is 80.3 Å². The summed E-state index contributed by atoms with van der Waals surface area (Å²) in [6.45, 7) is 2.17. The molecule has 0 saturated carbocycles. The first-order chi connectivity index (χ1) is 14.6. The van der Waals surface area contributed by atoms with E-state index >= 15 is 0 Å². The summed E-state index contributed by atoms with van der Waals surface area (Å²) in [6, 6.07) is 15.9. The van der Waals surface area contributed by atoms with Gasteiger partial charge in [0.15, 0.2) is 16.9 Å². The van der Waals surface area contributed by atoms with Crippen molar-refractivity contribution >= 4 is 34.0 Å². The van der Waals surface area contributed by atoms with Crippen molar-refractivity contribution in [2.45, 2.75) is 38.8 Å². The molecule has 1 amide bonds. The number of benzene rings is 2. The fourth-order valence-electron chi connectivity index (χ4n) is 3.39. The summed E-state index contributed by atoms with van der Waals surface area (Å²) >= 11 is 1.32. The monoisotopic (exact) mass is 421 g/mol. The summed E-state index contributed by atoms with van der Waals surface area (Å²) < 4.78 is 5.30. The molecule has 0 spiro atoms. The number of nitrogens with one attached hydrogen (secondary N) is 2. The van der Waals surface area contributed by atoms with Crippen LogP contribution in [0.1, 0.15) is 40.5 Å². The number of carbonyl (C=O) groups excluding carboxylic acids is 2. The van der Waals surface area contributed by atoms with E-state index in [0.717, 1.165) is 30.5 Å². The zero-order valence-corrected chi connectivity index (χ0v) is 17.5. The number of hydrogen-bond donors (Lipinski definition) is 2. The molecule has 2 aromatic carbocycles. The molecule has 4 rings (SSSR count). The second-order valence-corrected chi connectivity index (χ2v) is 8.11. The third-order valence-electron chi connectivity index (χ3n) is 5.02. The number of thiazole rings is 1. The summed E-state index contributed by atoms with van der Waals surface area (Å²) in [7, 11) is 0. The van der Waals surface area contributed by atoms with Crippen LogP contribution in [0.3, 0.4) is 0 Å². The van der Waals surface area contributed by atoms with Crippen LogP contribution in [0.4, 0.5) is 10.8 Å². The van der Waals surface area contributed by atoms with Gasteiger partial charge in [-0.2, -0.15) is 0 Å². The molecule has 0 saturated heterocycles. The lowest BCUT2D eigenvalue weighted by Gasteiger charge is -2.13. The first-order valence-electron chi connectivity index (χ1n) is 9.95. The van der Waals surface area contributed by atoms with Gasteiger partial charge in [-0.05, 0) is 55.0 Å². The number of hydrogen-bond acceptors (Lipinski definition) is 6. The molecular weight excluding hydrogens is 398 g/mol. The number of aryl methyl sites for hydroxylation is 2. The van der Waals surface area contributed by atoms with Crippen LogP contribution >= 0.6 is 11.3 Å². The summed E-state index contributed by atoms with van der Waals surface area (Å²) in [6.07, 6.45) is 2.35. The standard InChI is InChI=1S/C23H23N3O3S/c1-15(21(27)25-19-11-10-17-8-5-9-18(17)12-19)29-22(28)20-14-30-23(26-20)24-13-16-6-3-2-4-7-16/h2-4,6-7,10-12,14-15H,5,8-9,13H2,1H3,(H,24,26)(H,25,27)/t15-/m0/s1. The third-order valence-corrected chi connectivity index (χ3v) is 5.82. The second-order valence-electron chi connectivity index (χ2n) is 7.25. The van der Waals surface area contributed by atoms with Crippen LogP contribution in [0.15, 0.2) is 53.9 Å². The predicted molar refractivity (Wildman–Crippen MR) is 118 cm³/mol. The first kappa shape index (κ1) is 20.1. The SMILES string of the molecule is C[C@H](OC(=O)c1csc(NCc2ccccc2)n1)C(=O)Nc1ccc2c(c1)CCC2. The van der Waals surface area contributed by atoms with Crippen molar-refractivity contribution in [3.63, 3.8) is 0 Å². The zero-order valence-electron chi connectivity index (χ0n) is 16.7. The molecule has 154 valence electrons. The van der Waals surface area contributed by atoms with Crippen LogP contribution in [0.2, 0.25) is 0 Å². The van der Waals surface area contributed by atoms with Crippen molar-refractivity contribution in [3.05, 3.63) is 76.3 Å². The van der Waals surface area contributed by atoms with E-state index in [2.05, 4.69) is 15.6 Å². The Labute approximate surface area is 179 Å². The van der Waals surface area contributed by atoms with E-state index in [-0.39, 0.29) is 11.6 Å². The van der Waals surface area contributed by atoms with Gasteiger partial charge in [0.2, 0.25) is 0 Å². The number of esters is 1. The maximum atomic E-state index is 12.4. The molecule has 1 aliphatic carbocycles. The molecule has 7 heteroatoms. The van der Waals surface area contributed by atoms with E-state index in [0.29, 0.717) is 11.7 Å². The molecule has 0 aliphatic heterocycles. The lowest BCUT2D eigenvalue weighted by molar-refractivity contribution is -0.123. The molecule has 0 radical (unpaired) electrons.